The van der Waals surface area contributed by atoms with E-state index in [0.29, 0.717) is 0 Å². The molecular weight excluding hydrogens is 240 g/mol. The fourth-order valence-corrected chi connectivity index (χ4v) is 2.23. The number of hydrogen-bond donors (Lipinski definition) is 2. The molecule has 0 bridgehead atoms. The van der Waals surface area contributed by atoms with Gasteiger partial charge in [0, 0.05) is 18.3 Å². The number of hydrazine groups is 1. The molecule has 2 rings (SSSR count). The van der Waals surface area contributed by atoms with Gasteiger partial charge in [-0.2, -0.15) is 5.10 Å². The molecule has 19 heavy (non-hydrogen) atoms. The van der Waals surface area contributed by atoms with Crippen LogP contribution in [0.25, 0.3) is 0 Å². The number of para-hydroxylation sites is 1. The second-order valence-corrected chi connectivity index (χ2v) is 4.32. The van der Waals surface area contributed by atoms with Crippen LogP contribution >= 0.6 is 0 Å². The molecule has 0 spiro atoms. The highest BCUT2D eigenvalue weighted by atomic mass is 16.5. The molecule has 102 valence electrons. The maximum absolute atomic E-state index is 5.74. The fourth-order valence-electron chi connectivity index (χ4n) is 2.23. The number of benzene rings is 1. The zero-order valence-electron chi connectivity index (χ0n) is 11.3. The highest BCUT2D eigenvalue weighted by Gasteiger charge is 2.19. The van der Waals surface area contributed by atoms with Gasteiger partial charge in [0.05, 0.1) is 18.8 Å². The number of aromatic nitrogens is 2. The Morgan fingerprint density at radius 3 is 2.84 bits per heavy atom. The molecular formula is C14H20N4O. The van der Waals surface area contributed by atoms with Crippen LogP contribution in [0.5, 0.6) is 5.75 Å². The number of nitrogens with one attached hydrogen (secondary N) is 1. The third-order valence-electron chi connectivity index (χ3n) is 3.10. The quantitative estimate of drug-likeness (QED) is 0.614. The normalized spacial score (nSPS) is 12.4. The van der Waals surface area contributed by atoms with Crippen molar-refractivity contribution in [3.05, 3.63) is 47.8 Å². The number of hydrogen-bond acceptors (Lipinski definition) is 4. The molecule has 1 heterocycles. The van der Waals surface area contributed by atoms with Gasteiger partial charge in [0.2, 0.25) is 0 Å². The first kappa shape index (κ1) is 13.6. The Morgan fingerprint density at radius 2 is 2.16 bits per heavy atom. The van der Waals surface area contributed by atoms with Crippen LogP contribution in [0.1, 0.15) is 30.6 Å². The number of ether oxygens (including phenoxy) is 1. The highest BCUT2D eigenvalue weighted by molar-refractivity contribution is 5.39. The second-order valence-electron chi connectivity index (χ2n) is 4.32. The highest BCUT2D eigenvalue weighted by Crippen LogP contribution is 2.29. The minimum Gasteiger partial charge on any atom is -0.496 e. The fraction of sp³-hybridized carbons (Fsp3) is 0.357. The lowest BCUT2D eigenvalue weighted by molar-refractivity contribution is 0.401. The first-order valence-corrected chi connectivity index (χ1v) is 6.42. The summed E-state index contributed by atoms with van der Waals surface area (Å²) in [4.78, 5) is 0. The van der Waals surface area contributed by atoms with Gasteiger partial charge in [-0.1, -0.05) is 25.1 Å². The van der Waals surface area contributed by atoms with E-state index in [0.717, 1.165) is 30.0 Å². The predicted molar refractivity (Wildman–Crippen MR) is 74.7 cm³/mol. The van der Waals surface area contributed by atoms with Crippen LogP contribution in [0.4, 0.5) is 0 Å². The van der Waals surface area contributed by atoms with E-state index in [1.54, 1.807) is 13.3 Å². The SMILES string of the molecule is CCCn1nccc1C(NN)c1ccccc1OC. The zero-order chi connectivity index (χ0) is 13.7. The van der Waals surface area contributed by atoms with Crippen molar-refractivity contribution in [2.24, 2.45) is 5.84 Å². The summed E-state index contributed by atoms with van der Waals surface area (Å²) in [5.41, 5.74) is 4.89. The van der Waals surface area contributed by atoms with E-state index in [1.807, 2.05) is 35.0 Å². The van der Waals surface area contributed by atoms with Crippen molar-refractivity contribution in [1.82, 2.24) is 15.2 Å². The largest absolute Gasteiger partial charge is 0.496 e. The summed E-state index contributed by atoms with van der Waals surface area (Å²) in [5.74, 6) is 6.55. The van der Waals surface area contributed by atoms with Crippen LogP contribution in [0.15, 0.2) is 36.5 Å². The topological polar surface area (TPSA) is 65.1 Å². The van der Waals surface area contributed by atoms with Crippen molar-refractivity contribution in [3.63, 3.8) is 0 Å². The molecule has 0 radical (unpaired) electrons. The smallest absolute Gasteiger partial charge is 0.124 e. The van der Waals surface area contributed by atoms with Crippen molar-refractivity contribution in [1.29, 1.82) is 0 Å². The summed E-state index contributed by atoms with van der Waals surface area (Å²) in [6.07, 6.45) is 2.82. The molecule has 0 saturated heterocycles. The standard InChI is InChI=1S/C14H20N4O/c1-3-10-18-12(8-9-16-18)14(17-15)11-6-4-5-7-13(11)19-2/h4-9,14,17H,3,10,15H2,1-2H3. The third kappa shape index (κ3) is 2.77. The summed E-state index contributed by atoms with van der Waals surface area (Å²) >= 11 is 0. The van der Waals surface area contributed by atoms with Gasteiger partial charge in [-0.25, -0.2) is 5.43 Å². The van der Waals surface area contributed by atoms with Gasteiger partial charge in [0.1, 0.15) is 5.75 Å². The van der Waals surface area contributed by atoms with Gasteiger partial charge in [0.15, 0.2) is 0 Å². The van der Waals surface area contributed by atoms with Gasteiger partial charge in [-0.05, 0) is 18.6 Å². The molecule has 0 fully saturated rings. The number of methoxy groups -OCH3 is 1. The molecule has 3 N–H and O–H groups in total. The Labute approximate surface area is 113 Å². The van der Waals surface area contributed by atoms with Gasteiger partial charge >= 0.3 is 0 Å². The van der Waals surface area contributed by atoms with Crippen LogP contribution in [0.2, 0.25) is 0 Å². The molecule has 1 atom stereocenters. The maximum atomic E-state index is 5.74. The van der Waals surface area contributed by atoms with Crippen molar-refractivity contribution >= 4 is 0 Å². The van der Waals surface area contributed by atoms with E-state index < -0.39 is 0 Å². The summed E-state index contributed by atoms with van der Waals surface area (Å²) < 4.78 is 7.37. The van der Waals surface area contributed by atoms with Gasteiger partial charge < -0.3 is 4.74 Å². The number of nitrogens with two attached hydrogens (primary N) is 1. The molecule has 0 amide bonds. The first-order valence-electron chi connectivity index (χ1n) is 6.42. The molecule has 1 aromatic heterocycles. The van der Waals surface area contributed by atoms with E-state index in [-0.39, 0.29) is 6.04 Å². The molecule has 0 aliphatic heterocycles. The van der Waals surface area contributed by atoms with Crippen molar-refractivity contribution in [2.45, 2.75) is 25.9 Å². The molecule has 0 saturated carbocycles. The first-order chi connectivity index (χ1) is 9.31. The Morgan fingerprint density at radius 1 is 1.37 bits per heavy atom. The maximum Gasteiger partial charge on any atom is 0.124 e. The van der Waals surface area contributed by atoms with Gasteiger partial charge in [-0.3, -0.25) is 10.5 Å². The van der Waals surface area contributed by atoms with Crippen LogP contribution in [0, 0.1) is 0 Å². The number of nitrogens with zero attached hydrogens (tertiary/aromatic N) is 2. The summed E-state index contributed by atoms with van der Waals surface area (Å²) in [7, 11) is 1.66. The van der Waals surface area contributed by atoms with E-state index in [9.17, 15) is 0 Å². The number of aryl methyl sites for hydroxylation is 1. The minimum atomic E-state index is -0.134. The van der Waals surface area contributed by atoms with Crippen molar-refractivity contribution in [2.75, 3.05) is 7.11 Å². The average Bonchev–Trinajstić information content (AvgIpc) is 2.89. The van der Waals surface area contributed by atoms with E-state index >= 15 is 0 Å². The minimum absolute atomic E-state index is 0.134. The Balaban J connectivity index is 2.41. The van der Waals surface area contributed by atoms with Crippen LogP contribution in [0.3, 0.4) is 0 Å². The number of rotatable bonds is 6. The Hall–Kier alpha value is -1.85. The molecule has 2 aromatic rings. The van der Waals surface area contributed by atoms with Gasteiger partial charge in [0.25, 0.3) is 0 Å². The molecule has 1 aromatic carbocycles. The van der Waals surface area contributed by atoms with Gasteiger partial charge in [-0.15, -0.1) is 0 Å². The molecule has 0 aliphatic rings. The summed E-state index contributed by atoms with van der Waals surface area (Å²) in [5, 5.41) is 4.34. The molecule has 0 aliphatic carbocycles. The lowest BCUT2D eigenvalue weighted by atomic mass is 10.0. The second kappa shape index (κ2) is 6.36. The monoisotopic (exact) mass is 260 g/mol. The lowest BCUT2D eigenvalue weighted by Gasteiger charge is -2.20. The molecule has 5 nitrogen and oxygen atoms in total. The van der Waals surface area contributed by atoms with Crippen molar-refractivity contribution < 1.29 is 4.74 Å². The molecule has 5 heteroatoms. The van der Waals surface area contributed by atoms with Crippen LogP contribution in [-0.4, -0.2) is 16.9 Å². The van der Waals surface area contributed by atoms with Crippen LogP contribution in [-0.2, 0) is 6.54 Å². The van der Waals surface area contributed by atoms with E-state index in [2.05, 4.69) is 17.4 Å². The summed E-state index contributed by atoms with van der Waals surface area (Å²) in [6, 6.07) is 9.70. The average molecular weight is 260 g/mol. The Kier molecular flexibility index (Phi) is 4.54. The summed E-state index contributed by atoms with van der Waals surface area (Å²) in [6.45, 7) is 3.00. The lowest BCUT2D eigenvalue weighted by Crippen LogP contribution is -2.31. The van der Waals surface area contributed by atoms with E-state index in [4.69, 9.17) is 10.6 Å². The van der Waals surface area contributed by atoms with Crippen molar-refractivity contribution in [3.8, 4) is 5.75 Å². The third-order valence-corrected chi connectivity index (χ3v) is 3.10. The predicted octanol–water partition coefficient (Wildman–Crippen LogP) is 1.85. The molecule has 1 unspecified atom stereocenters. The Bertz CT molecular complexity index is 524. The van der Waals surface area contributed by atoms with Crippen LogP contribution < -0.4 is 16.0 Å². The zero-order valence-corrected chi connectivity index (χ0v) is 11.3. The van der Waals surface area contributed by atoms with E-state index in [1.165, 1.54) is 0 Å².